The second-order valence-electron chi connectivity index (χ2n) is 6.88. The van der Waals surface area contributed by atoms with Gasteiger partial charge < -0.3 is 9.80 Å². The molecule has 28 heavy (non-hydrogen) atoms. The van der Waals surface area contributed by atoms with Gasteiger partial charge in [-0.3, -0.25) is 9.52 Å². The Labute approximate surface area is 171 Å². The number of amides is 1. The van der Waals surface area contributed by atoms with Gasteiger partial charge >= 0.3 is 0 Å². The fraction of sp³-hybridized carbons (Fsp3) is 0.350. The number of carbonyl (C=O) groups is 1. The van der Waals surface area contributed by atoms with Gasteiger partial charge in [0.15, 0.2) is 0 Å². The first-order valence-corrected chi connectivity index (χ1v) is 11.1. The number of likely N-dealkylation sites (tertiary alicyclic amines) is 1. The van der Waals surface area contributed by atoms with Crippen molar-refractivity contribution < 1.29 is 13.2 Å². The van der Waals surface area contributed by atoms with Crippen LogP contribution in [0.25, 0.3) is 0 Å². The normalized spacial score (nSPS) is 14.8. The third-order valence-corrected chi connectivity index (χ3v) is 6.46. The van der Waals surface area contributed by atoms with Crippen molar-refractivity contribution in [2.45, 2.75) is 17.7 Å². The number of rotatable bonds is 7. The first-order chi connectivity index (χ1) is 13.4. The molecule has 3 rings (SSSR count). The number of benzene rings is 2. The summed E-state index contributed by atoms with van der Waals surface area (Å²) in [6.07, 6.45) is 2.40. The maximum absolute atomic E-state index is 12.9. The van der Waals surface area contributed by atoms with E-state index in [1.54, 1.807) is 36.2 Å². The summed E-state index contributed by atoms with van der Waals surface area (Å²) in [5.74, 6) is -0.214. The van der Waals surface area contributed by atoms with E-state index in [1.165, 1.54) is 37.1 Å². The standard InChI is InChI=1S/C20H24ClN3O3S/c1-23(14-15-24-12-4-5-13-24)20(25)18-6-2-3-7-19(18)22-28(26,27)17-10-8-16(21)9-11-17/h2-3,6-11,22H,4-5,12-15H2,1H3. The highest BCUT2D eigenvalue weighted by Crippen LogP contribution is 2.22. The minimum absolute atomic E-state index is 0.0848. The second-order valence-corrected chi connectivity index (χ2v) is 9.00. The molecule has 0 aliphatic carbocycles. The van der Waals surface area contributed by atoms with Crippen LogP contribution in [0.3, 0.4) is 0 Å². The van der Waals surface area contributed by atoms with Crippen molar-refractivity contribution in [2.24, 2.45) is 0 Å². The Hall–Kier alpha value is -2.09. The topological polar surface area (TPSA) is 69.7 Å². The van der Waals surface area contributed by atoms with Crippen molar-refractivity contribution in [1.29, 1.82) is 0 Å². The minimum atomic E-state index is -3.82. The van der Waals surface area contributed by atoms with Gasteiger partial charge in [0.2, 0.25) is 0 Å². The average Bonchev–Trinajstić information content (AvgIpc) is 3.19. The lowest BCUT2D eigenvalue weighted by Gasteiger charge is -2.22. The number of halogens is 1. The third kappa shape index (κ3) is 5.04. The number of nitrogens with zero attached hydrogens (tertiary/aromatic N) is 2. The Morgan fingerprint density at radius 2 is 1.75 bits per heavy atom. The molecule has 0 atom stereocenters. The van der Waals surface area contributed by atoms with Crippen LogP contribution in [0.4, 0.5) is 5.69 Å². The molecular weight excluding hydrogens is 398 g/mol. The number of sulfonamides is 1. The van der Waals surface area contributed by atoms with Crippen molar-refractivity contribution in [3.05, 3.63) is 59.1 Å². The van der Waals surface area contributed by atoms with Crippen molar-refractivity contribution in [2.75, 3.05) is 37.9 Å². The summed E-state index contributed by atoms with van der Waals surface area (Å²) in [4.78, 5) is 16.9. The van der Waals surface area contributed by atoms with Crippen LogP contribution in [0.1, 0.15) is 23.2 Å². The van der Waals surface area contributed by atoms with Crippen LogP contribution in [0.2, 0.25) is 5.02 Å². The molecule has 150 valence electrons. The molecule has 1 aliphatic heterocycles. The third-order valence-electron chi connectivity index (χ3n) is 4.82. The van der Waals surface area contributed by atoms with Crippen LogP contribution < -0.4 is 4.72 Å². The van der Waals surface area contributed by atoms with Crippen molar-refractivity contribution in [3.8, 4) is 0 Å². The Morgan fingerprint density at radius 3 is 2.43 bits per heavy atom. The number of likely N-dealkylation sites (N-methyl/N-ethyl adjacent to an activating group) is 1. The zero-order chi connectivity index (χ0) is 20.1. The molecule has 0 spiro atoms. The molecular formula is C20H24ClN3O3S. The fourth-order valence-corrected chi connectivity index (χ4v) is 4.39. The van der Waals surface area contributed by atoms with E-state index >= 15 is 0 Å². The number of hydrogen-bond donors (Lipinski definition) is 1. The van der Waals surface area contributed by atoms with Crippen LogP contribution in [0.15, 0.2) is 53.4 Å². The Balaban J connectivity index is 1.74. The molecule has 6 nitrogen and oxygen atoms in total. The lowest BCUT2D eigenvalue weighted by Crippen LogP contribution is -2.35. The number of anilines is 1. The second kappa shape index (κ2) is 8.94. The maximum atomic E-state index is 12.9. The van der Waals surface area contributed by atoms with Crippen LogP contribution in [-0.4, -0.2) is 57.4 Å². The molecule has 0 radical (unpaired) electrons. The first kappa shape index (κ1) is 20.6. The molecule has 0 bridgehead atoms. The van der Waals surface area contributed by atoms with Crippen LogP contribution in [0.5, 0.6) is 0 Å². The Kier molecular flexibility index (Phi) is 6.59. The monoisotopic (exact) mass is 421 g/mol. The smallest absolute Gasteiger partial charge is 0.261 e. The largest absolute Gasteiger partial charge is 0.340 e. The van der Waals surface area contributed by atoms with Gasteiger partial charge in [0.05, 0.1) is 16.1 Å². The average molecular weight is 422 g/mol. The molecule has 0 saturated carbocycles. The predicted octanol–water partition coefficient (Wildman–Crippen LogP) is 3.31. The highest BCUT2D eigenvalue weighted by molar-refractivity contribution is 7.92. The van der Waals surface area contributed by atoms with E-state index in [-0.39, 0.29) is 16.5 Å². The van der Waals surface area contributed by atoms with E-state index in [1.807, 2.05) is 0 Å². The number of nitrogens with one attached hydrogen (secondary N) is 1. The van der Waals surface area contributed by atoms with E-state index < -0.39 is 10.0 Å². The highest BCUT2D eigenvalue weighted by Gasteiger charge is 2.21. The SMILES string of the molecule is CN(CCN1CCCC1)C(=O)c1ccccc1NS(=O)(=O)c1ccc(Cl)cc1. The van der Waals surface area contributed by atoms with Crippen LogP contribution in [0, 0.1) is 0 Å². The van der Waals surface area contributed by atoms with E-state index in [2.05, 4.69) is 9.62 Å². The van der Waals surface area contributed by atoms with Gasteiger partial charge in [-0.15, -0.1) is 0 Å². The minimum Gasteiger partial charge on any atom is -0.340 e. The van der Waals surface area contributed by atoms with Crippen molar-refractivity contribution >= 4 is 33.2 Å². The molecule has 1 amide bonds. The van der Waals surface area contributed by atoms with Gasteiger partial charge in [0, 0.05) is 25.2 Å². The lowest BCUT2D eigenvalue weighted by molar-refractivity contribution is 0.0783. The summed E-state index contributed by atoms with van der Waals surface area (Å²) in [6, 6.07) is 12.5. The lowest BCUT2D eigenvalue weighted by atomic mass is 10.1. The Morgan fingerprint density at radius 1 is 1.11 bits per heavy atom. The Bertz CT molecular complexity index is 926. The fourth-order valence-electron chi connectivity index (χ4n) is 3.18. The van der Waals surface area contributed by atoms with Gasteiger partial charge in [-0.1, -0.05) is 23.7 Å². The molecule has 0 unspecified atom stereocenters. The summed E-state index contributed by atoms with van der Waals surface area (Å²) in [7, 11) is -2.09. The van der Waals surface area contributed by atoms with Gasteiger partial charge in [0.1, 0.15) is 0 Å². The molecule has 0 aromatic heterocycles. The molecule has 2 aromatic carbocycles. The molecule has 1 aliphatic rings. The number of hydrogen-bond acceptors (Lipinski definition) is 4. The summed E-state index contributed by atoms with van der Waals surface area (Å²) in [5.41, 5.74) is 0.583. The van der Waals surface area contributed by atoms with Crippen LogP contribution in [-0.2, 0) is 10.0 Å². The summed E-state index contributed by atoms with van der Waals surface area (Å²) in [5, 5.41) is 0.453. The van der Waals surface area contributed by atoms with Gasteiger partial charge in [-0.25, -0.2) is 8.42 Å². The van der Waals surface area contributed by atoms with E-state index in [4.69, 9.17) is 11.6 Å². The van der Waals surface area contributed by atoms with E-state index in [9.17, 15) is 13.2 Å². The molecule has 1 heterocycles. The summed E-state index contributed by atoms with van der Waals surface area (Å²) < 4.78 is 27.9. The molecule has 1 N–H and O–H groups in total. The number of carbonyl (C=O) groups excluding carboxylic acids is 1. The summed E-state index contributed by atoms with van der Waals surface area (Å²) in [6.45, 7) is 3.55. The zero-order valence-corrected chi connectivity index (χ0v) is 17.3. The molecule has 1 fully saturated rings. The predicted molar refractivity (Wildman–Crippen MR) is 111 cm³/mol. The van der Waals surface area contributed by atoms with Gasteiger partial charge in [-0.2, -0.15) is 0 Å². The maximum Gasteiger partial charge on any atom is 0.261 e. The van der Waals surface area contributed by atoms with Gasteiger partial charge in [-0.05, 0) is 62.3 Å². The first-order valence-electron chi connectivity index (χ1n) is 9.22. The van der Waals surface area contributed by atoms with E-state index in [0.717, 1.165) is 19.6 Å². The number of para-hydroxylation sites is 1. The van der Waals surface area contributed by atoms with E-state index in [0.29, 0.717) is 17.1 Å². The highest BCUT2D eigenvalue weighted by atomic mass is 35.5. The van der Waals surface area contributed by atoms with Crippen molar-refractivity contribution in [1.82, 2.24) is 9.80 Å². The molecule has 2 aromatic rings. The zero-order valence-electron chi connectivity index (χ0n) is 15.8. The molecule has 8 heteroatoms. The molecule has 1 saturated heterocycles. The van der Waals surface area contributed by atoms with Crippen LogP contribution >= 0.6 is 11.6 Å². The quantitative estimate of drug-likeness (QED) is 0.744. The van der Waals surface area contributed by atoms with Crippen molar-refractivity contribution in [3.63, 3.8) is 0 Å². The summed E-state index contributed by atoms with van der Waals surface area (Å²) >= 11 is 5.83. The van der Waals surface area contributed by atoms with Gasteiger partial charge in [0.25, 0.3) is 15.9 Å².